The van der Waals surface area contributed by atoms with Gasteiger partial charge >= 0.3 is 12.1 Å². The molecule has 0 aliphatic rings. The Labute approximate surface area is 115 Å². The highest BCUT2D eigenvalue weighted by Gasteiger charge is 2.27. The average Bonchev–Trinajstić information content (AvgIpc) is 2.23. The van der Waals surface area contributed by atoms with Crippen LogP contribution in [0.3, 0.4) is 0 Å². The number of rotatable bonds is 4. The summed E-state index contributed by atoms with van der Waals surface area (Å²) in [6.07, 6.45) is -0.637. The van der Waals surface area contributed by atoms with Crippen molar-refractivity contribution in [3.05, 3.63) is 0 Å². The van der Waals surface area contributed by atoms with E-state index < -0.39 is 17.3 Å². The molecule has 0 heterocycles. The highest BCUT2D eigenvalue weighted by molar-refractivity contribution is 7.80. The Morgan fingerprint density at radius 2 is 1.94 bits per heavy atom. The number of nitrogens with one attached hydrogen (secondary N) is 1. The van der Waals surface area contributed by atoms with Crippen LogP contribution < -0.4 is 5.32 Å². The van der Waals surface area contributed by atoms with Crippen molar-refractivity contribution in [2.75, 3.05) is 20.3 Å². The van der Waals surface area contributed by atoms with Gasteiger partial charge in [0.05, 0.1) is 13.7 Å². The topological polar surface area (TPSA) is 67.9 Å². The van der Waals surface area contributed by atoms with Gasteiger partial charge in [-0.1, -0.05) is 0 Å². The Bertz CT molecular complexity index is 335. The quantitative estimate of drug-likeness (QED) is 0.333. The molecule has 0 fully saturated rings. The number of nitrogens with zero attached hydrogens (tertiary/aromatic N) is 1. The lowest BCUT2D eigenvalue weighted by atomic mass is 9.48. The highest BCUT2D eigenvalue weighted by atomic mass is 32.1. The standard InChI is InChI=1S/C8H17B3N2O4S/c1-3-17-7(15)12-6(18)13(8(9,10)11)4-5(14)16-2/h3-4,9-11H2,1-2H3,(H,12,15,18). The van der Waals surface area contributed by atoms with Crippen LogP contribution in [0.1, 0.15) is 6.92 Å². The van der Waals surface area contributed by atoms with Crippen LogP contribution in [0.15, 0.2) is 0 Å². The van der Waals surface area contributed by atoms with Gasteiger partial charge in [0.15, 0.2) is 5.11 Å². The van der Waals surface area contributed by atoms with E-state index in [1.54, 1.807) is 11.8 Å². The van der Waals surface area contributed by atoms with Crippen molar-refractivity contribution in [2.24, 2.45) is 0 Å². The van der Waals surface area contributed by atoms with Crippen LogP contribution in [0.4, 0.5) is 4.79 Å². The van der Waals surface area contributed by atoms with Crippen molar-refractivity contribution >= 4 is 52.9 Å². The van der Waals surface area contributed by atoms with Gasteiger partial charge in [-0.25, -0.2) is 4.79 Å². The first-order valence-corrected chi connectivity index (χ1v) is 5.95. The summed E-state index contributed by atoms with van der Waals surface area (Å²) in [6.45, 7) is 1.91. The Morgan fingerprint density at radius 3 is 2.33 bits per heavy atom. The fourth-order valence-electron chi connectivity index (χ4n) is 1.13. The first-order chi connectivity index (χ1) is 8.22. The zero-order valence-corrected chi connectivity index (χ0v) is 12.2. The predicted octanol–water partition coefficient (Wildman–Crippen LogP) is -3.00. The maximum atomic E-state index is 11.3. The number of hydrogen-bond acceptors (Lipinski definition) is 5. The molecule has 0 aliphatic carbocycles. The number of amides is 1. The summed E-state index contributed by atoms with van der Waals surface area (Å²) in [5.74, 6) is -0.432. The van der Waals surface area contributed by atoms with E-state index in [0.29, 0.717) is 0 Å². The second kappa shape index (κ2) is 7.30. The lowest BCUT2D eigenvalue weighted by molar-refractivity contribution is -0.141. The smallest absolute Gasteiger partial charge is 0.413 e. The number of esters is 1. The molecule has 0 saturated heterocycles. The largest absolute Gasteiger partial charge is 0.468 e. The third-order valence-electron chi connectivity index (χ3n) is 2.05. The average molecular weight is 270 g/mol. The normalized spacial score (nSPS) is 10.3. The summed E-state index contributed by atoms with van der Waals surface area (Å²) in [5.41, 5.74) is 0. The molecule has 0 rings (SSSR count). The number of ether oxygens (including phenoxy) is 2. The number of thiocarbonyl (C=S) groups is 1. The van der Waals surface area contributed by atoms with Gasteiger partial charge in [0.1, 0.15) is 30.1 Å². The van der Waals surface area contributed by atoms with Crippen LogP contribution in [0.5, 0.6) is 0 Å². The number of carbonyl (C=O) groups is 2. The molecular formula is C8H17B3N2O4S. The summed E-state index contributed by atoms with van der Waals surface area (Å²) in [4.78, 5) is 24.2. The van der Waals surface area contributed by atoms with Crippen LogP contribution >= 0.6 is 12.2 Å². The van der Waals surface area contributed by atoms with Crippen molar-refractivity contribution in [1.82, 2.24) is 10.2 Å². The summed E-state index contributed by atoms with van der Waals surface area (Å²) in [5, 5.41) is 2.11. The summed E-state index contributed by atoms with van der Waals surface area (Å²) in [6, 6.07) is 0. The summed E-state index contributed by atoms with van der Waals surface area (Å²) >= 11 is 5.09. The third kappa shape index (κ3) is 5.95. The molecule has 98 valence electrons. The predicted molar refractivity (Wildman–Crippen MR) is 79.8 cm³/mol. The Kier molecular flexibility index (Phi) is 6.82. The van der Waals surface area contributed by atoms with Crippen LogP contribution in [0.25, 0.3) is 0 Å². The molecule has 0 radical (unpaired) electrons. The van der Waals surface area contributed by atoms with E-state index in [-0.39, 0.29) is 18.3 Å². The fraction of sp³-hybridized carbons (Fsp3) is 0.625. The zero-order chi connectivity index (χ0) is 14.3. The molecule has 0 saturated carbocycles. The molecule has 0 aliphatic heterocycles. The molecule has 0 unspecified atom stereocenters. The van der Waals surface area contributed by atoms with Gasteiger partial charge in [0.2, 0.25) is 0 Å². The van der Waals surface area contributed by atoms with Crippen molar-refractivity contribution in [1.29, 1.82) is 0 Å². The maximum absolute atomic E-state index is 11.3. The van der Waals surface area contributed by atoms with Crippen molar-refractivity contribution < 1.29 is 19.1 Å². The second-order valence-corrected chi connectivity index (χ2v) is 4.87. The van der Waals surface area contributed by atoms with Crippen molar-refractivity contribution in [2.45, 2.75) is 12.2 Å². The lowest BCUT2D eigenvalue weighted by Crippen LogP contribution is -2.59. The van der Waals surface area contributed by atoms with E-state index in [0.717, 1.165) is 0 Å². The van der Waals surface area contributed by atoms with E-state index in [9.17, 15) is 9.59 Å². The zero-order valence-electron chi connectivity index (χ0n) is 11.4. The van der Waals surface area contributed by atoms with Gasteiger partial charge in [-0.15, -0.1) is 0 Å². The van der Waals surface area contributed by atoms with Crippen LogP contribution in [-0.4, -0.2) is 71.1 Å². The monoisotopic (exact) mass is 270 g/mol. The molecule has 6 nitrogen and oxygen atoms in total. The number of methoxy groups -OCH3 is 1. The Hall–Kier alpha value is -1.18. The molecule has 1 N–H and O–H groups in total. The first kappa shape index (κ1) is 16.8. The first-order valence-electron chi connectivity index (χ1n) is 5.54. The van der Waals surface area contributed by atoms with Gasteiger partial charge in [0, 0.05) is 0 Å². The highest BCUT2D eigenvalue weighted by Crippen LogP contribution is 2.04. The molecule has 10 heteroatoms. The van der Waals surface area contributed by atoms with Gasteiger partial charge in [-0.05, 0) is 24.4 Å². The molecule has 0 aromatic heterocycles. The molecule has 0 spiro atoms. The van der Waals surface area contributed by atoms with Gasteiger partial charge < -0.3 is 14.4 Å². The minimum Gasteiger partial charge on any atom is -0.468 e. The Morgan fingerprint density at radius 1 is 1.39 bits per heavy atom. The van der Waals surface area contributed by atoms with E-state index in [4.69, 9.17) is 17.0 Å². The van der Waals surface area contributed by atoms with E-state index in [1.165, 1.54) is 7.11 Å². The summed E-state index contributed by atoms with van der Waals surface area (Å²) in [7, 11) is 6.91. The fourth-order valence-corrected chi connectivity index (χ4v) is 1.55. The van der Waals surface area contributed by atoms with Gasteiger partial charge in [-0.2, -0.15) is 0 Å². The molecular weight excluding hydrogens is 253 g/mol. The van der Waals surface area contributed by atoms with E-state index >= 15 is 0 Å². The molecule has 0 bridgehead atoms. The lowest BCUT2D eigenvalue weighted by Gasteiger charge is -2.37. The number of carbonyl (C=O) groups excluding carboxylic acids is 2. The molecule has 0 atom stereocenters. The van der Waals surface area contributed by atoms with E-state index in [1.807, 2.05) is 23.5 Å². The molecule has 18 heavy (non-hydrogen) atoms. The summed E-state index contributed by atoms with van der Waals surface area (Å²) < 4.78 is 9.32. The van der Waals surface area contributed by atoms with Crippen LogP contribution in [0, 0.1) is 0 Å². The minimum atomic E-state index is -0.637. The van der Waals surface area contributed by atoms with Gasteiger partial charge in [-0.3, -0.25) is 10.1 Å². The minimum absolute atomic E-state index is 0.0365. The van der Waals surface area contributed by atoms with Crippen molar-refractivity contribution in [3.8, 4) is 0 Å². The molecule has 0 aromatic rings. The van der Waals surface area contributed by atoms with E-state index in [2.05, 4.69) is 10.1 Å². The van der Waals surface area contributed by atoms with Crippen LogP contribution in [-0.2, 0) is 14.3 Å². The molecule has 0 aromatic carbocycles. The van der Waals surface area contributed by atoms with Crippen molar-refractivity contribution in [3.63, 3.8) is 0 Å². The number of alkyl carbamates (subject to hydrolysis) is 1. The third-order valence-corrected chi connectivity index (χ3v) is 2.38. The van der Waals surface area contributed by atoms with Crippen LogP contribution in [0.2, 0.25) is 0 Å². The second-order valence-electron chi connectivity index (χ2n) is 4.48. The number of hydrogen-bond donors (Lipinski definition) is 1. The van der Waals surface area contributed by atoms with Gasteiger partial charge in [0.25, 0.3) is 0 Å². The maximum Gasteiger partial charge on any atom is 0.413 e. The Balaban J connectivity index is 4.71. The SMILES string of the molecule is BC(B)(B)N(CC(=O)OC)C(=S)NC(=O)OCC. The molecule has 1 amide bonds.